The van der Waals surface area contributed by atoms with Crippen molar-refractivity contribution in [1.29, 1.82) is 0 Å². The maximum absolute atomic E-state index is 12.6. The lowest BCUT2D eigenvalue weighted by atomic mass is 10.3. The van der Waals surface area contributed by atoms with Crippen LogP contribution in [0.15, 0.2) is 29.2 Å². The fraction of sp³-hybridized carbons (Fsp3) is 0.611. The SMILES string of the molecule is CC1CN(C(=O)CNc2ccc(S(=O)(=O)C3CCCC3)cc2)CCO1. The Morgan fingerprint density at radius 2 is 1.92 bits per heavy atom. The molecule has 0 radical (unpaired) electrons. The van der Waals surface area contributed by atoms with Gasteiger partial charge in [0.15, 0.2) is 9.84 Å². The first kappa shape index (κ1) is 18.2. The molecule has 0 aromatic heterocycles. The minimum atomic E-state index is -3.23. The topological polar surface area (TPSA) is 75.7 Å². The van der Waals surface area contributed by atoms with Gasteiger partial charge in [-0.2, -0.15) is 0 Å². The number of sulfone groups is 1. The number of rotatable bonds is 5. The van der Waals surface area contributed by atoms with E-state index in [1.165, 1.54) is 0 Å². The number of hydrogen-bond acceptors (Lipinski definition) is 5. The number of ether oxygens (including phenoxy) is 1. The third kappa shape index (κ3) is 4.33. The Kier molecular flexibility index (Phi) is 5.64. The number of morpholine rings is 1. The Bertz CT molecular complexity index is 696. The van der Waals surface area contributed by atoms with Gasteiger partial charge in [0.1, 0.15) is 0 Å². The van der Waals surface area contributed by atoms with Crippen molar-refractivity contribution in [2.75, 3.05) is 31.6 Å². The highest BCUT2D eigenvalue weighted by Gasteiger charge is 2.30. The Morgan fingerprint density at radius 3 is 2.56 bits per heavy atom. The third-order valence-corrected chi connectivity index (χ3v) is 7.24. The number of nitrogens with one attached hydrogen (secondary N) is 1. The zero-order chi connectivity index (χ0) is 17.9. The van der Waals surface area contributed by atoms with Gasteiger partial charge in [-0.05, 0) is 44.0 Å². The maximum atomic E-state index is 12.6. The molecule has 1 amide bonds. The molecule has 25 heavy (non-hydrogen) atoms. The lowest BCUT2D eigenvalue weighted by Crippen LogP contribution is -2.46. The Labute approximate surface area is 149 Å². The summed E-state index contributed by atoms with van der Waals surface area (Å²) in [6, 6.07) is 6.74. The van der Waals surface area contributed by atoms with Crippen LogP contribution >= 0.6 is 0 Å². The predicted molar refractivity (Wildman–Crippen MR) is 96.4 cm³/mol. The molecule has 1 saturated carbocycles. The van der Waals surface area contributed by atoms with Crippen molar-refractivity contribution in [2.24, 2.45) is 0 Å². The summed E-state index contributed by atoms with van der Waals surface area (Å²) in [6.07, 6.45) is 3.57. The Hall–Kier alpha value is -1.60. The van der Waals surface area contributed by atoms with Crippen LogP contribution in [0.5, 0.6) is 0 Å². The van der Waals surface area contributed by atoms with Crippen LogP contribution in [-0.2, 0) is 19.4 Å². The summed E-state index contributed by atoms with van der Waals surface area (Å²) in [4.78, 5) is 14.4. The fourth-order valence-corrected chi connectivity index (χ4v) is 5.34. The molecule has 2 fully saturated rings. The van der Waals surface area contributed by atoms with E-state index in [1.807, 2.05) is 6.92 Å². The van der Waals surface area contributed by atoms with Gasteiger partial charge in [0.2, 0.25) is 5.91 Å². The summed E-state index contributed by atoms with van der Waals surface area (Å²) in [7, 11) is -3.23. The largest absolute Gasteiger partial charge is 0.376 e. The second kappa shape index (κ2) is 7.74. The summed E-state index contributed by atoms with van der Waals surface area (Å²) in [5.41, 5.74) is 0.750. The first-order valence-corrected chi connectivity index (χ1v) is 10.5. The van der Waals surface area contributed by atoms with Gasteiger partial charge in [-0.25, -0.2) is 8.42 Å². The second-order valence-electron chi connectivity index (χ2n) is 6.85. The standard InChI is InChI=1S/C18H26N2O4S/c1-14-13-20(10-11-24-14)18(21)12-19-15-6-8-17(9-7-15)25(22,23)16-4-2-3-5-16/h6-9,14,16,19H,2-5,10-13H2,1H3. The van der Waals surface area contributed by atoms with E-state index >= 15 is 0 Å². The highest BCUT2D eigenvalue weighted by atomic mass is 32.2. The molecule has 1 atom stereocenters. The third-order valence-electron chi connectivity index (χ3n) is 4.96. The molecule has 1 saturated heterocycles. The quantitative estimate of drug-likeness (QED) is 0.863. The van der Waals surface area contributed by atoms with Crippen LogP contribution in [0.2, 0.25) is 0 Å². The number of carbonyl (C=O) groups excluding carboxylic acids is 1. The van der Waals surface area contributed by atoms with Gasteiger partial charge in [-0.1, -0.05) is 12.8 Å². The smallest absolute Gasteiger partial charge is 0.242 e. The number of carbonyl (C=O) groups is 1. The van der Waals surface area contributed by atoms with Crippen LogP contribution in [0.3, 0.4) is 0 Å². The summed E-state index contributed by atoms with van der Waals surface area (Å²) < 4.78 is 30.5. The normalized spacial score (nSPS) is 22.1. The summed E-state index contributed by atoms with van der Waals surface area (Å²) in [5.74, 6) is 0.0257. The van der Waals surface area contributed by atoms with E-state index in [-0.39, 0.29) is 23.8 Å². The minimum absolute atomic E-state index is 0.0257. The van der Waals surface area contributed by atoms with Crippen molar-refractivity contribution in [3.8, 4) is 0 Å². The van der Waals surface area contributed by atoms with Gasteiger partial charge < -0.3 is 15.0 Å². The summed E-state index contributed by atoms with van der Waals surface area (Å²) >= 11 is 0. The molecule has 1 aromatic carbocycles. The number of hydrogen-bond donors (Lipinski definition) is 1. The van der Waals surface area contributed by atoms with Gasteiger partial charge >= 0.3 is 0 Å². The summed E-state index contributed by atoms with van der Waals surface area (Å²) in [5, 5.41) is 2.84. The predicted octanol–water partition coefficient (Wildman–Crippen LogP) is 2.06. The first-order chi connectivity index (χ1) is 12.0. The fourth-order valence-electron chi connectivity index (χ4n) is 3.49. The molecule has 1 aliphatic carbocycles. The van der Waals surface area contributed by atoms with Crippen LogP contribution in [0.25, 0.3) is 0 Å². The number of amides is 1. The van der Waals surface area contributed by atoms with Crippen LogP contribution < -0.4 is 5.32 Å². The Morgan fingerprint density at radius 1 is 1.24 bits per heavy atom. The van der Waals surface area contributed by atoms with E-state index in [2.05, 4.69) is 5.32 Å². The average Bonchev–Trinajstić information content (AvgIpc) is 3.15. The molecule has 0 spiro atoms. The number of benzene rings is 1. The van der Waals surface area contributed by atoms with Crippen molar-refractivity contribution >= 4 is 21.4 Å². The molecule has 138 valence electrons. The number of nitrogens with zero attached hydrogens (tertiary/aromatic N) is 1. The van der Waals surface area contributed by atoms with E-state index in [0.717, 1.165) is 31.4 Å². The van der Waals surface area contributed by atoms with Crippen molar-refractivity contribution in [1.82, 2.24) is 4.90 Å². The molecule has 3 rings (SSSR count). The Balaban J connectivity index is 1.56. The van der Waals surface area contributed by atoms with E-state index in [9.17, 15) is 13.2 Å². The molecule has 1 unspecified atom stereocenters. The molecule has 7 heteroatoms. The van der Waals surface area contributed by atoms with E-state index in [1.54, 1.807) is 29.2 Å². The zero-order valence-corrected chi connectivity index (χ0v) is 15.4. The molecule has 0 bridgehead atoms. The van der Waals surface area contributed by atoms with Crippen molar-refractivity contribution in [3.63, 3.8) is 0 Å². The van der Waals surface area contributed by atoms with Gasteiger partial charge in [0, 0.05) is 18.8 Å². The average molecular weight is 366 g/mol. The maximum Gasteiger partial charge on any atom is 0.242 e. The molecule has 1 N–H and O–H groups in total. The molecule has 6 nitrogen and oxygen atoms in total. The van der Waals surface area contributed by atoms with Crippen molar-refractivity contribution < 1.29 is 17.9 Å². The highest BCUT2D eigenvalue weighted by molar-refractivity contribution is 7.92. The first-order valence-electron chi connectivity index (χ1n) is 8.94. The van der Waals surface area contributed by atoms with Crippen molar-refractivity contribution in [3.05, 3.63) is 24.3 Å². The molecule has 1 aromatic rings. The van der Waals surface area contributed by atoms with Crippen LogP contribution in [-0.4, -0.2) is 56.8 Å². The van der Waals surface area contributed by atoms with Gasteiger partial charge in [0.25, 0.3) is 0 Å². The molecule has 1 aliphatic heterocycles. The monoisotopic (exact) mass is 366 g/mol. The van der Waals surface area contributed by atoms with Gasteiger partial charge in [-0.15, -0.1) is 0 Å². The molecule has 2 aliphatic rings. The molecular weight excluding hydrogens is 340 g/mol. The zero-order valence-electron chi connectivity index (χ0n) is 14.6. The van der Waals surface area contributed by atoms with Gasteiger partial charge in [-0.3, -0.25) is 4.79 Å². The van der Waals surface area contributed by atoms with E-state index in [0.29, 0.717) is 24.6 Å². The van der Waals surface area contributed by atoms with Gasteiger partial charge in [0.05, 0.1) is 29.4 Å². The minimum Gasteiger partial charge on any atom is -0.376 e. The van der Waals surface area contributed by atoms with E-state index < -0.39 is 9.84 Å². The molecular formula is C18H26N2O4S. The van der Waals surface area contributed by atoms with Crippen LogP contribution in [0, 0.1) is 0 Å². The number of anilines is 1. The van der Waals surface area contributed by atoms with Crippen LogP contribution in [0.1, 0.15) is 32.6 Å². The van der Waals surface area contributed by atoms with Crippen molar-refractivity contribution in [2.45, 2.75) is 48.9 Å². The summed E-state index contributed by atoms with van der Waals surface area (Å²) in [6.45, 7) is 3.95. The molecule has 1 heterocycles. The second-order valence-corrected chi connectivity index (χ2v) is 9.08. The lowest BCUT2D eigenvalue weighted by Gasteiger charge is -2.31. The van der Waals surface area contributed by atoms with Crippen LogP contribution in [0.4, 0.5) is 5.69 Å². The lowest BCUT2D eigenvalue weighted by molar-refractivity contribution is -0.136. The van der Waals surface area contributed by atoms with E-state index in [4.69, 9.17) is 4.74 Å². The highest BCUT2D eigenvalue weighted by Crippen LogP contribution is 2.30.